The van der Waals surface area contributed by atoms with Crippen LogP contribution in [0.5, 0.6) is 0 Å². The van der Waals surface area contributed by atoms with Gasteiger partial charge in [0.1, 0.15) is 0 Å². The Morgan fingerprint density at radius 3 is 2.50 bits per heavy atom. The monoisotopic (exact) mass is 300 g/mol. The summed E-state index contributed by atoms with van der Waals surface area (Å²) in [6.07, 6.45) is 0.853. The van der Waals surface area contributed by atoms with E-state index in [1.165, 1.54) is 5.56 Å². The molecule has 0 fully saturated rings. The summed E-state index contributed by atoms with van der Waals surface area (Å²) < 4.78 is 5.04. The van der Waals surface area contributed by atoms with Crippen LogP contribution in [0, 0.1) is 5.92 Å². The minimum absolute atomic E-state index is 0. The summed E-state index contributed by atoms with van der Waals surface area (Å²) in [5, 5.41) is 0. The van der Waals surface area contributed by atoms with Gasteiger partial charge in [0.2, 0.25) is 5.91 Å². The maximum absolute atomic E-state index is 12.2. The molecule has 0 saturated carbocycles. The van der Waals surface area contributed by atoms with E-state index in [0.29, 0.717) is 26.2 Å². The van der Waals surface area contributed by atoms with E-state index in [1.807, 2.05) is 30.0 Å². The van der Waals surface area contributed by atoms with Crippen molar-refractivity contribution in [3.05, 3.63) is 35.9 Å². The second-order valence-corrected chi connectivity index (χ2v) is 4.71. The van der Waals surface area contributed by atoms with Crippen molar-refractivity contribution < 1.29 is 9.53 Å². The molecule has 0 aromatic heterocycles. The summed E-state index contributed by atoms with van der Waals surface area (Å²) >= 11 is 0. The van der Waals surface area contributed by atoms with Gasteiger partial charge < -0.3 is 15.4 Å². The number of hydrogen-bond donors (Lipinski definition) is 1. The van der Waals surface area contributed by atoms with Crippen molar-refractivity contribution in [2.75, 3.05) is 33.4 Å². The van der Waals surface area contributed by atoms with Crippen LogP contribution in [0.2, 0.25) is 0 Å². The first-order valence-electron chi connectivity index (χ1n) is 6.70. The lowest BCUT2D eigenvalue weighted by Gasteiger charge is -2.25. The van der Waals surface area contributed by atoms with Gasteiger partial charge in [0.15, 0.2) is 0 Å². The Morgan fingerprint density at radius 1 is 1.30 bits per heavy atom. The number of ether oxygens (including phenoxy) is 1. The van der Waals surface area contributed by atoms with Crippen molar-refractivity contribution in [1.82, 2.24) is 4.90 Å². The van der Waals surface area contributed by atoms with E-state index in [0.717, 1.165) is 6.42 Å². The highest BCUT2D eigenvalue weighted by atomic mass is 35.5. The summed E-state index contributed by atoms with van der Waals surface area (Å²) in [7, 11) is 1.61. The number of carbonyl (C=O) groups excluding carboxylic acids is 1. The Hall–Kier alpha value is -1.10. The van der Waals surface area contributed by atoms with Crippen LogP contribution in [-0.4, -0.2) is 44.2 Å². The molecule has 114 valence electrons. The Labute approximate surface area is 127 Å². The standard InChI is InChI=1S/C15H24N2O2.ClH/c1-13(12-19-2)15(18)17(11-9-16)10-8-14-6-4-3-5-7-14;/h3-7,13H,8-12,16H2,1-2H3;1H. The van der Waals surface area contributed by atoms with Crippen LogP contribution in [0.4, 0.5) is 0 Å². The molecule has 0 aliphatic carbocycles. The van der Waals surface area contributed by atoms with E-state index in [-0.39, 0.29) is 24.2 Å². The van der Waals surface area contributed by atoms with E-state index in [2.05, 4.69) is 12.1 Å². The van der Waals surface area contributed by atoms with Crippen LogP contribution in [0.3, 0.4) is 0 Å². The highest BCUT2D eigenvalue weighted by molar-refractivity contribution is 5.85. The molecule has 2 N–H and O–H groups in total. The molecule has 0 aliphatic rings. The largest absolute Gasteiger partial charge is 0.384 e. The fourth-order valence-electron chi connectivity index (χ4n) is 2.03. The number of methoxy groups -OCH3 is 1. The molecule has 4 nitrogen and oxygen atoms in total. The van der Waals surface area contributed by atoms with Crippen LogP contribution in [0.15, 0.2) is 30.3 Å². The van der Waals surface area contributed by atoms with Crippen molar-refractivity contribution >= 4 is 18.3 Å². The first-order valence-corrected chi connectivity index (χ1v) is 6.70. The molecule has 1 aromatic carbocycles. The molecular weight excluding hydrogens is 276 g/mol. The maximum atomic E-state index is 12.2. The van der Waals surface area contributed by atoms with Gasteiger partial charge in [-0.2, -0.15) is 0 Å². The lowest BCUT2D eigenvalue weighted by atomic mass is 10.1. The first kappa shape index (κ1) is 18.9. The Morgan fingerprint density at radius 2 is 1.95 bits per heavy atom. The number of rotatable bonds is 8. The zero-order chi connectivity index (χ0) is 14.1. The van der Waals surface area contributed by atoms with Crippen molar-refractivity contribution in [2.24, 2.45) is 11.7 Å². The van der Waals surface area contributed by atoms with E-state index >= 15 is 0 Å². The number of benzene rings is 1. The normalized spacial score (nSPS) is 11.6. The molecule has 0 bridgehead atoms. The lowest BCUT2D eigenvalue weighted by Crippen LogP contribution is -2.41. The van der Waals surface area contributed by atoms with Crippen molar-refractivity contribution in [2.45, 2.75) is 13.3 Å². The van der Waals surface area contributed by atoms with Gasteiger partial charge in [-0.1, -0.05) is 37.3 Å². The van der Waals surface area contributed by atoms with Gasteiger partial charge in [-0.15, -0.1) is 12.4 Å². The van der Waals surface area contributed by atoms with Gasteiger partial charge in [0.25, 0.3) is 0 Å². The Kier molecular flexibility index (Phi) is 10.1. The fourth-order valence-corrected chi connectivity index (χ4v) is 2.03. The molecule has 0 spiro atoms. The highest BCUT2D eigenvalue weighted by Crippen LogP contribution is 2.06. The average molecular weight is 301 g/mol. The van der Waals surface area contributed by atoms with Gasteiger partial charge in [0, 0.05) is 26.7 Å². The molecular formula is C15H25ClN2O2. The van der Waals surface area contributed by atoms with Gasteiger partial charge >= 0.3 is 0 Å². The number of halogens is 1. The summed E-state index contributed by atoms with van der Waals surface area (Å²) in [4.78, 5) is 14.1. The summed E-state index contributed by atoms with van der Waals surface area (Å²) in [6, 6.07) is 10.2. The van der Waals surface area contributed by atoms with E-state index in [1.54, 1.807) is 7.11 Å². The average Bonchev–Trinajstić information content (AvgIpc) is 2.44. The smallest absolute Gasteiger partial charge is 0.227 e. The predicted octanol–water partition coefficient (Wildman–Crippen LogP) is 1.72. The summed E-state index contributed by atoms with van der Waals surface area (Å²) in [6.45, 7) is 4.12. The first-order chi connectivity index (χ1) is 9.19. The van der Waals surface area contributed by atoms with Crippen molar-refractivity contribution in [1.29, 1.82) is 0 Å². The van der Waals surface area contributed by atoms with E-state index in [9.17, 15) is 4.79 Å². The van der Waals surface area contributed by atoms with E-state index < -0.39 is 0 Å². The molecule has 1 rings (SSSR count). The number of amides is 1. The highest BCUT2D eigenvalue weighted by Gasteiger charge is 2.19. The zero-order valence-corrected chi connectivity index (χ0v) is 13.1. The fraction of sp³-hybridized carbons (Fsp3) is 0.533. The Balaban J connectivity index is 0.00000361. The molecule has 0 aliphatic heterocycles. The minimum atomic E-state index is -0.118. The van der Waals surface area contributed by atoms with Crippen LogP contribution in [0.1, 0.15) is 12.5 Å². The molecule has 20 heavy (non-hydrogen) atoms. The number of nitrogens with two attached hydrogens (primary N) is 1. The van der Waals surface area contributed by atoms with Crippen LogP contribution in [-0.2, 0) is 16.0 Å². The van der Waals surface area contributed by atoms with Crippen molar-refractivity contribution in [3.8, 4) is 0 Å². The number of carbonyl (C=O) groups is 1. The van der Waals surface area contributed by atoms with Crippen molar-refractivity contribution in [3.63, 3.8) is 0 Å². The second-order valence-electron chi connectivity index (χ2n) is 4.71. The van der Waals surface area contributed by atoms with Gasteiger partial charge in [-0.05, 0) is 12.0 Å². The molecule has 1 amide bonds. The molecule has 5 heteroatoms. The third kappa shape index (κ3) is 6.37. The Bertz CT molecular complexity index is 373. The molecule has 1 atom stereocenters. The second kappa shape index (κ2) is 10.7. The van der Waals surface area contributed by atoms with E-state index in [4.69, 9.17) is 10.5 Å². The van der Waals surface area contributed by atoms with Crippen LogP contribution >= 0.6 is 12.4 Å². The molecule has 1 unspecified atom stereocenters. The number of hydrogen-bond acceptors (Lipinski definition) is 3. The lowest BCUT2D eigenvalue weighted by molar-refractivity contribution is -0.136. The van der Waals surface area contributed by atoms with Gasteiger partial charge in [0.05, 0.1) is 12.5 Å². The van der Waals surface area contributed by atoms with Crippen LogP contribution in [0.25, 0.3) is 0 Å². The molecule has 0 radical (unpaired) electrons. The third-order valence-corrected chi connectivity index (χ3v) is 3.06. The predicted molar refractivity (Wildman–Crippen MR) is 84.1 cm³/mol. The third-order valence-electron chi connectivity index (χ3n) is 3.06. The zero-order valence-electron chi connectivity index (χ0n) is 12.2. The van der Waals surface area contributed by atoms with Gasteiger partial charge in [-0.3, -0.25) is 4.79 Å². The number of nitrogens with zero attached hydrogens (tertiary/aromatic N) is 1. The summed E-state index contributed by atoms with van der Waals surface area (Å²) in [5.74, 6) is -0.00412. The molecule has 1 aromatic rings. The molecule has 0 heterocycles. The van der Waals surface area contributed by atoms with Gasteiger partial charge in [-0.25, -0.2) is 0 Å². The maximum Gasteiger partial charge on any atom is 0.227 e. The minimum Gasteiger partial charge on any atom is -0.384 e. The topological polar surface area (TPSA) is 55.6 Å². The SMILES string of the molecule is COCC(C)C(=O)N(CCN)CCc1ccccc1.Cl. The quantitative estimate of drug-likeness (QED) is 0.795. The summed E-state index contributed by atoms with van der Waals surface area (Å²) in [5.41, 5.74) is 6.82. The molecule has 0 saturated heterocycles. The van der Waals surface area contributed by atoms with Crippen LogP contribution < -0.4 is 5.73 Å².